The smallest absolute Gasteiger partial charge is 0.191 e. The molecule has 8 heteroatoms. The summed E-state index contributed by atoms with van der Waals surface area (Å²) in [6.45, 7) is 4.22. The van der Waals surface area contributed by atoms with E-state index in [2.05, 4.69) is 15.6 Å². The largest absolute Gasteiger partial charge is 0.492 e. The number of aliphatic imine (C=N–C) groups is 1. The highest BCUT2D eigenvalue weighted by molar-refractivity contribution is 5.79. The van der Waals surface area contributed by atoms with Crippen molar-refractivity contribution in [1.29, 1.82) is 0 Å². The van der Waals surface area contributed by atoms with E-state index in [1.807, 2.05) is 25.1 Å². The van der Waals surface area contributed by atoms with Crippen LogP contribution in [0.25, 0.3) is 0 Å². The first-order valence-corrected chi connectivity index (χ1v) is 9.27. The van der Waals surface area contributed by atoms with E-state index in [1.54, 1.807) is 14.2 Å². The summed E-state index contributed by atoms with van der Waals surface area (Å²) in [5.74, 6) is -0.184. The third-order valence-corrected chi connectivity index (χ3v) is 3.99. The molecule has 0 aliphatic rings. The van der Waals surface area contributed by atoms with E-state index in [4.69, 9.17) is 14.2 Å². The normalized spacial score (nSPS) is 11.3. The van der Waals surface area contributed by atoms with Crippen molar-refractivity contribution in [2.24, 2.45) is 4.99 Å². The van der Waals surface area contributed by atoms with E-state index >= 15 is 0 Å². The Labute approximate surface area is 169 Å². The average molecular weight is 407 g/mol. The van der Waals surface area contributed by atoms with Gasteiger partial charge in [0.1, 0.15) is 24.7 Å². The first-order chi connectivity index (χ1) is 14.0. The van der Waals surface area contributed by atoms with Crippen molar-refractivity contribution in [2.75, 3.05) is 40.5 Å². The van der Waals surface area contributed by atoms with Crippen molar-refractivity contribution < 1.29 is 23.0 Å². The maximum Gasteiger partial charge on any atom is 0.191 e. The van der Waals surface area contributed by atoms with Crippen LogP contribution in [0.2, 0.25) is 0 Å². The van der Waals surface area contributed by atoms with E-state index in [9.17, 15) is 8.78 Å². The molecule has 0 aliphatic heterocycles. The Morgan fingerprint density at radius 1 is 0.966 bits per heavy atom. The lowest BCUT2D eigenvalue weighted by Crippen LogP contribution is -2.39. The first-order valence-electron chi connectivity index (χ1n) is 9.27. The van der Waals surface area contributed by atoms with Gasteiger partial charge in [-0.25, -0.2) is 8.78 Å². The van der Waals surface area contributed by atoms with Crippen LogP contribution >= 0.6 is 0 Å². The molecular formula is C21H27F2N3O3. The van der Waals surface area contributed by atoms with Gasteiger partial charge in [0.15, 0.2) is 17.6 Å². The summed E-state index contributed by atoms with van der Waals surface area (Å²) in [4.78, 5) is 4.16. The van der Waals surface area contributed by atoms with Crippen LogP contribution in [0.15, 0.2) is 41.4 Å². The average Bonchev–Trinajstić information content (AvgIpc) is 2.71. The molecular weight excluding hydrogens is 380 g/mol. The molecule has 0 radical (unpaired) electrons. The SMILES string of the molecule is CN=C(NCCOc1ccc(F)c(F)c1)NCc1ccc(C)cc1OCCOC. The van der Waals surface area contributed by atoms with E-state index in [-0.39, 0.29) is 12.4 Å². The summed E-state index contributed by atoms with van der Waals surface area (Å²) in [7, 11) is 3.30. The lowest BCUT2D eigenvalue weighted by Gasteiger charge is -2.15. The Balaban J connectivity index is 1.80. The van der Waals surface area contributed by atoms with Crippen molar-refractivity contribution in [3.63, 3.8) is 0 Å². The lowest BCUT2D eigenvalue weighted by atomic mass is 10.1. The molecule has 2 N–H and O–H groups in total. The summed E-state index contributed by atoms with van der Waals surface area (Å²) in [6, 6.07) is 9.44. The Kier molecular flexibility index (Phi) is 9.17. The minimum atomic E-state index is -0.936. The van der Waals surface area contributed by atoms with Gasteiger partial charge in [0.25, 0.3) is 0 Å². The van der Waals surface area contributed by atoms with Gasteiger partial charge >= 0.3 is 0 Å². The third kappa shape index (κ3) is 7.57. The van der Waals surface area contributed by atoms with Crippen molar-refractivity contribution in [2.45, 2.75) is 13.5 Å². The molecule has 0 amide bonds. The lowest BCUT2D eigenvalue weighted by molar-refractivity contribution is 0.145. The Morgan fingerprint density at radius 2 is 1.79 bits per heavy atom. The van der Waals surface area contributed by atoms with Crippen LogP contribution in [0.1, 0.15) is 11.1 Å². The fourth-order valence-electron chi connectivity index (χ4n) is 2.48. The Hall–Kier alpha value is -2.87. The van der Waals surface area contributed by atoms with Gasteiger partial charge in [-0.1, -0.05) is 12.1 Å². The maximum atomic E-state index is 13.2. The van der Waals surface area contributed by atoms with Gasteiger partial charge in [-0.3, -0.25) is 4.99 Å². The second kappa shape index (κ2) is 11.9. The number of nitrogens with zero attached hydrogens (tertiary/aromatic N) is 1. The zero-order chi connectivity index (χ0) is 21.1. The maximum absolute atomic E-state index is 13.2. The molecule has 0 aromatic heterocycles. The molecule has 0 heterocycles. The number of aryl methyl sites for hydroxylation is 1. The molecule has 0 atom stereocenters. The number of rotatable bonds is 10. The van der Waals surface area contributed by atoms with Gasteiger partial charge in [-0.05, 0) is 30.7 Å². The highest BCUT2D eigenvalue weighted by Crippen LogP contribution is 2.20. The second-order valence-corrected chi connectivity index (χ2v) is 6.23. The van der Waals surface area contributed by atoms with Gasteiger partial charge in [0, 0.05) is 32.3 Å². The van der Waals surface area contributed by atoms with Crippen LogP contribution in [-0.2, 0) is 11.3 Å². The summed E-state index contributed by atoms with van der Waals surface area (Å²) < 4.78 is 42.3. The number of guanidine groups is 1. The summed E-state index contributed by atoms with van der Waals surface area (Å²) in [6.07, 6.45) is 0. The zero-order valence-electron chi connectivity index (χ0n) is 16.9. The molecule has 0 fully saturated rings. The molecule has 0 unspecified atom stereocenters. The number of hydrogen-bond acceptors (Lipinski definition) is 4. The second-order valence-electron chi connectivity index (χ2n) is 6.23. The fourth-order valence-corrected chi connectivity index (χ4v) is 2.48. The standard InChI is InChI=1S/C21H27F2N3O3/c1-15-4-5-16(20(12-15)29-11-10-27-3)14-26-21(24-2)25-8-9-28-17-6-7-18(22)19(23)13-17/h4-7,12-13H,8-11,14H2,1-3H3,(H2,24,25,26). The van der Waals surface area contributed by atoms with Crippen molar-refractivity contribution in [1.82, 2.24) is 10.6 Å². The van der Waals surface area contributed by atoms with Crippen LogP contribution in [0.3, 0.4) is 0 Å². The number of ether oxygens (including phenoxy) is 3. The number of methoxy groups -OCH3 is 1. The fraction of sp³-hybridized carbons (Fsp3) is 0.381. The number of nitrogens with one attached hydrogen (secondary N) is 2. The van der Waals surface area contributed by atoms with Crippen molar-refractivity contribution >= 4 is 5.96 Å². The van der Waals surface area contributed by atoms with Crippen LogP contribution in [-0.4, -0.2) is 46.5 Å². The van der Waals surface area contributed by atoms with Crippen LogP contribution < -0.4 is 20.1 Å². The molecule has 158 valence electrons. The van der Waals surface area contributed by atoms with Gasteiger partial charge in [0.05, 0.1) is 13.2 Å². The van der Waals surface area contributed by atoms with Gasteiger partial charge in [-0.2, -0.15) is 0 Å². The Bertz CT molecular complexity index is 816. The topological polar surface area (TPSA) is 64.1 Å². The summed E-state index contributed by atoms with van der Waals surface area (Å²) in [5.41, 5.74) is 2.10. The van der Waals surface area contributed by atoms with Crippen molar-refractivity contribution in [3.8, 4) is 11.5 Å². The molecule has 29 heavy (non-hydrogen) atoms. The molecule has 2 rings (SSSR count). The van der Waals surface area contributed by atoms with Gasteiger partial charge < -0.3 is 24.8 Å². The minimum Gasteiger partial charge on any atom is -0.492 e. The third-order valence-electron chi connectivity index (χ3n) is 3.99. The molecule has 6 nitrogen and oxygen atoms in total. The van der Waals surface area contributed by atoms with E-state index in [1.165, 1.54) is 6.07 Å². The number of halogens is 2. The molecule has 2 aromatic rings. The summed E-state index contributed by atoms with van der Waals surface area (Å²) in [5, 5.41) is 6.32. The van der Waals surface area contributed by atoms with E-state index in [0.29, 0.717) is 32.3 Å². The molecule has 0 bridgehead atoms. The molecule has 0 spiro atoms. The first kappa shape index (κ1) is 22.4. The molecule has 0 aliphatic carbocycles. The molecule has 0 saturated heterocycles. The Morgan fingerprint density at radius 3 is 2.52 bits per heavy atom. The minimum absolute atomic E-state index is 0.266. The molecule has 2 aromatic carbocycles. The van der Waals surface area contributed by atoms with Crippen LogP contribution in [0, 0.1) is 18.6 Å². The van der Waals surface area contributed by atoms with Gasteiger partial charge in [0.2, 0.25) is 0 Å². The van der Waals surface area contributed by atoms with Crippen LogP contribution in [0.4, 0.5) is 8.78 Å². The van der Waals surface area contributed by atoms with E-state index < -0.39 is 11.6 Å². The monoisotopic (exact) mass is 407 g/mol. The molecule has 0 saturated carbocycles. The predicted molar refractivity (Wildman–Crippen MR) is 109 cm³/mol. The highest BCUT2D eigenvalue weighted by atomic mass is 19.2. The predicted octanol–water partition coefficient (Wildman–Crippen LogP) is 3.04. The number of hydrogen-bond donors (Lipinski definition) is 2. The number of benzene rings is 2. The van der Waals surface area contributed by atoms with Crippen LogP contribution in [0.5, 0.6) is 11.5 Å². The van der Waals surface area contributed by atoms with Crippen molar-refractivity contribution in [3.05, 3.63) is 59.2 Å². The highest BCUT2D eigenvalue weighted by Gasteiger charge is 2.07. The van der Waals surface area contributed by atoms with Gasteiger partial charge in [-0.15, -0.1) is 0 Å². The van der Waals surface area contributed by atoms with E-state index in [0.717, 1.165) is 29.0 Å². The zero-order valence-corrected chi connectivity index (χ0v) is 16.9. The summed E-state index contributed by atoms with van der Waals surface area (Å²) >= 11 is 0. The quantitative estimate of drug-likeness (QED) is 0.360.